The molecule has 1 unspecified atom stereocenters. The summed E-state index contributed by atoms with van der Waals surface area (Å²) in [6.07, 6.45) is 8.91. The van der Waals surface area contributed by atoms with Gasteiger partial charge in [0.1, 0.15) is 0 Å². The molecule has 0 fully saturated rings. The largest absolute Gasteiger partial charge is 0.0928 e. The molecule has 28 heavy (non-hydrogen) atoms. The Morgan fingerprint density at radius 1 is 0.643 bits per heavy atom. The highest BCUT2D eigenvalue weighted by atomic mass is 79.9. The van der Waals surface area contributed by atoms with E-state index in [2.05, 4.69) is 88.7 Å². The van der Waals surface area contributed by atoms with Crippen LogP contribution in [0.15, 0.2) is 72.8 Å². The summed E-state index contributed by atoms with van der Waals surface area (Å²) in [6.45, 7) is 0. The molecule has 0 saturated heterocycles. The molecule has 1 aliphatic carbocycles. The molecule has 0 aromatic heterocycles. The fraction of sp³-hybridized carbons (Fsp3) is 0.333. The number of benzene rings is 3. The first kappa shape index (κ1) is 19.5. The number of hydrogen-bond donors (Lipinski definition) is 0. The maximum atomic E-state index is 3.52. The van der Waals surface area contributed by atoms with Crippen LogP contribution in [0.1, 0.15) is 65.0 Å². The highest BCUT2D eigenvalue weighted by molar-refractivity contribution is 9.09. The smallest absolute Gasteiger partial charge is 0.0340 e. The Hall–Kier alpha value is -1.86. The van der Waals surface area contributed by atoms with E-state index in [0.717, 1.165) is 5.33 Å². The van der Waals surface area contributed by atoms with Crippen molar-refractivity contribution in [2.75, 3.05) is 5.33 Å². The van der Waals surface area contributed by atoms with Crippen molar-refractivity contribution in [2.45, 2.75) is 50.9 Å². The Bertz CT molecular complexity index is 880. The number of halogens is 1. The molecule has 0 aliphatic heterocycles. The standard InChI is InChI=1S/C27H29Br/c28-19-7-2-1-4-8-21-11-13-24(14-12-21)27(23-9-5-3-6-10-23)26-18-16-22-15-17-25(22)20-26/h3,5-6,9-14,16,18,20,27H,1-2,4,7-8,15,17,19H2. The lowest BCUT2D eigenvalue weighted by Crippen LogP contribution is -2.11. The van der Waals surface area contributed by atoms with Crippen LogP contribution in [0.5, 0.6) is 0 Å². The molecular weight excluding hydrogens is 404 g/mol. The zero-order valence-corrected chi connectivity index (χ0v) is 18.1. The van der Waals surface area contributed by atoms with Gasteiger partial charge in [0, 0.05) is 11.2 Å². The van der Waals surface area contributed by atoms with E-state index in [-0.39, 0.29) is 0 Å². The predicted octanol–water partition coefficient (Wildman–Crippen LogP) is 7.46. The average Bonchev–Trinajstić information content (AvgIpc) is 2.72. The molecule has 0 radical (unpaired) electrons. The molecule has 144 valence electrons. The van der Waals surface area contributed by atoms with Crippen LogP contribution in [0.4, 0.5) is 0 Å². The third-order valence-corrected chi connectivity index (χ3v) is 6.58. The summed E-state index contributed by atoms with van der Waals surface area (Å²) in [4.78, 5) is 0. The molecule has 0 saturated carbocycles. The van der Waals surface area contributed by atoms with Gasteiger partial charge in [0.05, 0.1) is 0 Å². The van der Waals surface area contributed by atoms with Crippen molar-refractivity contribution in [3.05, 3.63) is 106 Å². The van der Waals surface area contributed by atoms with Crippen LogP contribution in [-0.4, -0.2) is 5.33 Å². The highest BCUT2D eigenvalue weighted by Gasteiger charge is 2.20. The Labute approximate surface area is 178 Å². The molecule has 1 atom stereocenters. The molecule has 0 heterocycles. The zero-order chi connectivity index (χ0) is 19.2. The molecular formula is C27H29Br. The predicted molar refractivity (Wildman–Crippen MR) is 124 cm³/mol. The lowest BCUT2D eigenvalue weighted by atomic mass is 9.80. The van der Waals surface area contributed by atoms with Gasteiger partial charge < -0.3 is 0 Å². The van der Waals surface area contributed by atoms with E-state index in [1.807, 2.05) is 0 Å². The van der Waals surface area contributed by atoms with Crippen molar-refractivity contribution >= 4 is 15.9 Å². The Morgan fingerprint density at radius 2 is 1.32 bits per heavy atom. The van der Waals surface area contributed by atoms with Crippen LogP contribution in [0.2, 0.25) is 0 Å². The van der Waals surface area contributed by atoms with Gasteiger partial charge in [-0.1, -0.05) is 102 Å². The van der Waals surface area contributed by atoms with Gasteiger partial charge in [-0.05, 0) is 65.5 Å². The van der Waals surface area contributed by atoms with E-state index in [1.165, 1.54) is 72.8 Å². The monoisotopic (exact) mass is 432 g/mol. The molecule has 0 amide bonds. The van der Waals surface area contributed by atoms with Crippen LogP contribution in [0.25, 0.3) is 0 Å². The summed E-state index contributed by atoms with van der Waals surface area (Å²) in [5.74, 6) is 0.320. The van der Waals surface area contributed by atoms with E-state index >= 15 is 0 Å². The summed E-state index contributed by atoms with van der Waals surface area (Å²) in [5.41, 5.74) is 8.74. The number of aryl methyl sites for hydroxylation is 3. The molecule has 3 aromatic carbocycles. The highest BCUT2D eigenvalue weighted by Crippen LogP contribution is 2.35. The number of hydrogen-bond acceptors (Lipinski definition) is 0. The first-order chi connectivity index (χ1) is 13.8. The van der Waals surface area contributed by atoms with Crippen LogP contribution in [0.3, 0.4) is 0 Å². The maximum Gasteiger partial charge on any atom is 0.0340 e. The fourth-order valence-corrected chi connectivity index (χ4v) is 4.67. The topological polar surface area (TPSA) is 0 Å². The van der Waals surface area contributed by atoms with E-state index in [9.17, 15) is 0 Å². The second kappa shape index (κ2) is 9.56. The van der Waals surface area contributed by atoms with E-state index in [4.69, 9.17) is 0 Å². The molecule has 1 aliphatic rings. The van der Waals surface area contributed by atoms with Crippen LogP contribution >= 0.6 is 15.9 Å². The van der Waals surface area contributed by atoms with Gasteiger partial charge in [0.2, 0.25) is 0 Å². The molecule has 0 nitrogen and oxygen atoms in total. The zero-order valence-electron chi connectivity index (χ0n) is 16.5. The lowest BCUT2D eigenvalue weighted by Gasteiger charge is -2.24. The van der Waals surface area contributed by atoms with Crippen molar-refractivity contribution in [3.8, 4) is 0 Å². The van der Waals surface area contributed by atoms with E-state index in [0.29, 0.717) is 5.92 Å². The lowest BCUT2D eigenvalue weighted by molar-refractivity contribution is 0.671. The van der Waals surface area contributed by atoms with Crippen molar-refractivity contribution in [2.24, 2.45) is 0 Å². The molecule has 0 N–H and O–H groups in total. The first-order valence-electron chi connectivity index (χ1n) is 10.7. The molecule has 0 bridgehead atoms. The molecule has 1 heteroatoms. The minimum atomic E-state index is 0.320. The van der Waals surface area contributed by atoms with Gasteiger partial charge in [-0.25, -0.2) is 0 Å². The second-order valence-corrected chi connectivity index (χ2v) is 8.76. The van der Waals surface area contributed by atoms with Crippen LogP contribution < -0.4 is 0 Å². The Balaban J connectivity index is 1.54. The normalized spacial score (nSPS) is 13.6. The minimum Gasteiger partial charge on any atom is -0.0928 e. The number of fused-ring (bicyclic) bond motifs is 1. The Kier molecular flexibility index (Phi) is 6.65. The van der Waals surface area contributed by atoms with Crippen LogP contribution in [-0.2, 0) is 19.3 Å². The van der Waals surface area contributed by atoms with Gasteiger partial charge in [-0.15, -0.1) is 0 Å². The summed E-state index contributed by atoms with van der Waals surface area (Å²) in [5, 5.41) is 1.13. The van der Waals surface area contributed by atoms with Crippen molar-refractivity contribution in [1.29, 1.82) is 0 Å². The molecule has 4 rings (SSSR count). The van der Waals surface area contributed by atoms with Crippen molar-refractivity contribution in [3.63, 3.8) is 0 Å². The average molecular weight is 433 g/mol. The summed E-state index contributed by atoms with van der Waals surface area (Å²) in [6, 6.07) is 27.5. The van der Waals surface area contributed by atoms with E-state index in [1.54, 1.807) is 5.56 Å². The van der Waals surface area contributed by atoms with Gasteiger partial charge in [-0.3, -0.25) is 0 Å². The van der Waals surface area contributed by atoms with Crippen molar-refractivity contribution in [1.82, 2.24) is 0 Å². The van der Waals surface area contributed by atoms with E-state index < -0.39 is 0 Å². The molecule has 0 spiro atoms. The first-order valence-corrected chi connectivity index (χ1v) is 11.8. The van der Waals surface area contributed by atoms with Gasteiger partial charge in [0.25, 0.3) is 0 Å². The SMILES string of the molecule is BrCCCCCCc1ccc(C(c2ccccc2)c2ccc3c(c2)CC3)cc1. The Morgan fingerprint density at radius 3 is 2.00 bits per heavy atom. The quantitative estimate of drug-likeness (QED) is 0.187. The number of rotatable bonds is 9. The van der Waals surface area contributed by atoms with Gasteiger partial charge in [0.15, 0.2) is 0 Å². The van der Waals surface area contributed by atoms with Crippen molar-refractivity contribution < 1.29 is 0 Å². The number of alkyl halides is 1. The summed E-state index contributed by atoms with van der Waals surface area (Å²) in [7, 11) is 0. The summed E-state index contributed by atoms with van der Waals surface area (Å²) < 4.78 is 0. The van der Waals surface area contributed by atoms with Gasteiger partial charge in [-0.2, -0.15) is 0 Å². The van der Waals surface area contributed by atoms with Crippen LogP contribution in [0, 0.1) is 0 Å². The number of unbranched alkanes of at least 4 members (excludes halogenated alkanes) is 3. The molecule has 3 aromatic rings. The third-order valence-electron chi connectivity index (χ3n) is 6.02. The maximum absolute atomic E-state index is 3.52. The fourth-order valence-electron chi connectivity index (χ4n) is 4.27. The third kappa shape index (κ3) is 4.58. The minimum absolute atomic E-state index is 0.320. The second-order valence-electron chi connectivity index (χ2n) is 7.97. The summed E-state index contributed by atoms with van der Waals surface area (Å²) >= 11 is 3.52. The van der Waals surface area contributed by atoms with Gasteiger partial charge >= 0.3 is 0 Å².